The van der Waals surface area contributed by atoms with Gasteiger partial charge in [0.25, 0.3) is 0 Å². The summed E-state index contributed by atoms with van der Waals surface area (Å²) in [6, 6.07) is 6.17. The van der Waals surface area contributed by atoms with Gasteiger partial charge in [0.15, 0.2) is 5.79 Å². The molecule has 108 valence electrons. The van der Waals surface area contributed by atoms with Crippen molar-refractivity contribution in [2.75, 3.05) is 26.3 Å². The van der Waals surface area contributed by atoms with Gasteiger partial charge in [-0.2, -0.15) is 0 Å². The first-order chi connectivity index (χ1) is 9.67. The van der Waals surface area contributed by atoms with Crippen LogP contribution in [0.1, 0.15) is 18.4 Å². The number of piperidine rings is 1. The van der Waals surface area contributed by atoms with Gasteiger partial charge in [0.1, 0.15) is 5.82 Å². The molecule has 1 aromatic rings. The van der Waals surface area contributed by atoms with Gasteiger partial charge in [-0.05, 0) is 24.1 Å². The zero-order chi connectivity index (χ0) is 14.0. The van der Waals surface area contributed by atoms with E-state index >= 15 is 0 Å². The molecule has 0 aromatic heterocycles. The fourth-order valence-electron chi connectivity index (χ4n) is 2.87. The van der Waals surface area contributed by atoms with E-state index in [1.54, 1.807) is 17.0 Å². The number of rotatable bonds is 2. The number of likely N-dealkylation sites (tertiary alicyclic amines) is 1. The molecule has 0 atom stereocenters. The Kier molecular flexibility index (Phi) is 3.72. The van der Waals surface area contributed by atoms with Gasteiger partial charge in [-0.15, -0.1) is 0 Å². The van der Waals surface area contributed by atoms with E-state index < -0.39 is 5.79 Å². The third kappa shape index (κ3) is 2.83. The molecule has 0 saturated carbocycles. The molecule has 1 aromatic carbocycles. The van der Waals surface area contributed by atoms with Gasteiger partial charge in [0, 0.05) is 13.0 Å². The van der Waals surface area contributed by atoms with Crippen molar-refractivity contribution in [3.05, 3.63) is 35.6 Å². The molecule has 2 heterocycles. The van der Waals surface area contributed by atoms with Crippen molar-refractivity contribution < 1.29 is 18.7 Å². The highest BCUT2D eigenvalue weighted by molar-refractivity contribution is 5.79. The molecule has 2 aliphatic rings. The van der Waals surface area contributed by atoms with Crippen LogP contribution in [-0.2, 0) is 20.7 Å². The van der Waals surface area contributed by atoms with Crippen LogP contribution in [0.5, 0.6) is 0 Å². The second-order valence-electron chi connectivity index (χ2n) is 5.33. The van der Waals surface area contributed by atoms with Gasteiger partial charge in [-0.25, -0.2) is 4.39 Å². The fraction of sp³-hybridized carbons (Fsp3) is 0.533. The number of nitrogens with zero attached hydrogens (tertiary/aromatic N) is 1. The van der Waals surface area contributed by atoms with E-state index in [1.807, 2.05) is 0 Å². The van der Waals surface area contributed by atoms with Crippen LogP contribution in [0, 0.1) is 5.82 Å². The molecule has 20 heavy (non-hydrogen) atoms. The molecule has 1 spiro atoms. The van der Waals surface area contributed by atoms with Crippen LogP contribution in [0.2, 0.25) is 0 Å². The molecule has 2 fully saturated rings. The Balaban J connectivity index is 1.65. The Morgan fingerprint density at radius 1 is 1.35 bits per heavy atom. The summed E-state index contributed by atoms with van der Waals surface area (Å²) in [4.78, 5) is 14.1. The molecule has 3 rings (SSSR count). The molecule has 0 aliphatic carbocycles. The van der Waals surface area contributed by atoms with Crippen LogP contribution < -0.4 is 0 Å². The maximum absolute atomic E-state index is 13.1. The molecule has 0 N–H and O–H groups in total. The summed E-state index contributed by atoms with van der Waals surface area (Å²) in [5, 5.41) is 0. The average molecular weight is 279 g/mol. The van der Waals surface area contributed by atoms with Crippen molar-refractivity contribution in [1.29, 1.82) is 0 Å². The Hall–Kier alpha value is -1.46. The van der Waals surface area contributed by atoms with Crippen molar-refractivity contribution in [2.45, 2.75) is 25.0 Å². The minimum Gasteiger partial charge on any atom is -0.346 e. The van der Waals surface area contributed by atoms with Crippen molar-refractivity contribution >= 4 is 5.91 Å². The number of ether oxygens (including phenoxy) is 2. The molecular formula is C15H18FNO3. The normalized spacial score (nSPS) is 21.4. The van der Waals surface area contributed by atoms with Gasteiger partial charge < -0.3 is 14.4 Å². The molecule has 4 nitrogen and oxygen atoms in total. The average Bonchev–Trinajstić information content (AvgIpc) is 2.87. The fourth-order valence-corrected chi connectivity index (χ4v) is 2.87. The third-order valence-electron chi connectivity index (χ3n) is 3.83. The first-order valence-corrected chi connectivity index (χ1v) is 6.97. The van der Waals surface area contributed by atoms with Gasteiger partial charge in [-0.1, -0.05) is 12.1 Å². The van der Waals surface area contributed by atoms with E-state index in [-0.39, 0.29) is 18.1 Å². The summed E-state index contributed by atoms with van der Waals surface area (Å²) in [5.74, 6) is -0.919. The van der Waals surface area contributed by atoms with Crippen LogP contribution in [0.15, 0.2) is 24.3 Å². The molecule has 2 saturated heterocycles. The molecule has 2 aliphatic heterocycles. The second kappa shape index (κ2) is 5.50. The highest BCUT2D eigenvalue weighted by Crippen LogP contribution is 2.30. The first-order valence-electron chi connectivity index (χ1n) is 6.97. The maximum Gasteiger partial charge on any atom is 0.227 e. The predicted octanol–water partition coefficient (Wildman–Crippen LogP) is 1.73. The first kappa shape index (κ1) is 13.5. The van der Waals surface area contributed by atoms with Crippen molar-refractivity contribution in [2.24, 2.45) is 0 Å². The summed E-state index contributed by atoms with van der Waals surface area (Å²) in [5.41, 5.74) is 0.697. The quantitative estimate of drug-likeness (QED) is 0.827. The van der Waals surface area contributed by atoms with Gasteiger partial charge >= 0.3 is 0 Å². The summed E-state index contributed by atoms with van der Waals surface area (Å²) < 4.78 is 24.4. The number of carbonyl (C=O) groups is 1. The van der Waals surface area contributed by atoms with Crippen LogP contribution >= 0.6 is 0 Å². The largest absolute Gasteiger partial charge is 0.346 e. The highest BCUT2D eigenvalue weighted by atomic mass is 19.1. The smallest absolute Gasteiger partial charge is 0.227 e. The zero-order valence-electron chi connectivity index (χ0n) is 11.3. The second-order valence-corrected chi connectivity index (χ2v) is 5.33. The van der Waals surface area contributed by atoms with Gasteiger partial charge in [0.2, 0.25) is 5.91 Å². The Morgan fingerprint density at radius 3 is 2.90 bits per heavy atom. The summed E-state index contributed by atoms with van der Waals surface area (Å²) in [6.07, 6.45) is 1.92. The lowest BCUT2D eigenvalue weighted by Crippen LogP contribution is -2.51. The lowest BCUT2D eigenvalue weighted by atomic mass is 10.0. The summed E-state index contributed by atoms with van der Waals surface area (Å²) in [7, 11) is 0. The van der Waals surface area contributed by atoms with Crippen molar-refractivity contribution in [3.63, 3.8) is 0 Å². The predicted molar refractivity (Wildman–Crippen MR) is 70.6 cm³/mol. The molecular weight excluding hydrogens is 261 g/mol. The van der Waals surface area contributed by atoms with Crippen molar-refractivity contribution in [1.82, 2.24) is 4.90 Å². The number of carbonyl (C=O) groups excluding carboxylic acids is 1. The van der Waals surface area contributed by atoms with E-state index in [0.29, 0.717) is 31.9 Å². The van der Waals surface area contributed by atoms with E-state index in [1.165, 1.54) is 12.1 Å². The zero-order valence-corrected chi connectivity index (χ0v) is 11.3. The molecule has 5 heteroatoms. The van der Waals surface area contributed by atoms with E-state index in [4.69, 9.17) is 9.47 Å². The SMILES string of the molecule is O=C(Cc1cccc(F)c1)N1CCCC2(C1)OCCO2. The van der Waals surface area contributed by atoms with Crippen LogP contribution in [0.3, 0.4) is 0 Å². The van der Waals surface area contributed by atoms with E-state index in [2.05, 4.69) is 0 Å². The standard InChI is InChI=1S/C15H18FNO3/c16-13-4-1-3-12(9-13)10-14(18)17-6-2-5-15(11-17)19-7-8-20-15/h1,3-4,9H,2,5-8,10-11H2. The third-order valence-corrected chi connectivity index (χ3v) is 3.83. The Bertz CT molecular complexity index is 500. The Morgan fingerprint density at radius 2 is 2.15 bits per heavy atom. The topological polar surface area (TPSA) is 38.8 Å². The number of amides is 1. The van der Waals surface area contributed by atoms with Crippen LogP contribution in [0.25, 0.3) is 0 Å². The number of benzene rings is 1. The molecule has 0 unspecified atom stereocenters. The Labute approximate surface area is 117 Å². The number of hydrogen-bond donors (Lipinski definition) is 0. The molecule has 1 amide bonds. The van der Waals surface area contributed by atoms with Crippen molar-refractivity contribution in [3.8, 4) is 0 Å². The number of hydrogen-bond acceptors (Lipinski definition) is 3. The summed E-state index contributed by atoms with van der Waals surface area (Å²) >= 11 is 0. The van der Waals surface area contributed by atoms with E-state index in [0.717, 1.165) is 12.8 Å². The molecule has 0 radical (unpaired) electrons. The maximum atomic E-state index is 13.1. The van der Waals surface area contributed by atoms with Crippen LogP contribution in [0.4, 0.5) is 4.39 Å². The minimum atomic E-state index is -0.601. The summed E-state index contributed by atoms with van der Waals surface area (Å²) in [6.45, 7) is 2.36. The van der Waals surface area contributed by atoms with Crippen LogP contribution in [-0.4, -0.2) is 42.9 Å². The lowest BCUT2D eigenvalue weighted by molar-refractivity contribution is -0.192. The monoisotopic (exact) mass is 279 g/mol. The number of halogens is 1. The van der Waals surface area contributed by atoms with E-state index in [9.17, 15) is 9.18 Å². The minimum absolute atomic E-state index is 0.00576. The lowest BCUT2D eigenvalue weighted by Gasteiger charge is -2.38. The highest BCUT2D eigenvalue weighted by Gasteiger charge is 2.41. The van der Waals surface area contributed by atoms with Gasteiger partial charge in [-0.3, -0.25) is 4.79 Å². The van der Waals surface area contributed by atoms with Gasteiger partial charge in [0.05, 0.1) is 26.2 Å². The molecule has 0 bridgehead atoms.